The van der Waals surface area contributed by atoms with Crippen molar-refractivity contribution in [3.05, 3.63) is 0 Å². The van der Waals surface area contributed by atoms with E-state index in [-0.39, 0.29) is 36.0 Å². The molecule has 9 nitrogen and oxygen atoms in total. The number of likely N-dealkylation sites (tertiary alicyclic amines) is 1. The van der Waals surface area contributed by atoms with Gasteiger partial charge < -0.3 is 24.8 Å². The first kappa shape index (κ1) is 81.7. The van der Waals surface area contributed by atoms with E-state index in [4.69, 9.17) is 19.0 Å². The second-order valence-electron chi connectivity index (χ2n) is 23.3. The van der Waals surface area contributed by atoms with Gasteiger partial charge in [0.1, 0.15) is 12.2 Å². The Balaban J connectivity index is -0.000000353. The SMILES string of the molecule is CC.CC(C)C.CCCC.CCCCCCC(CCCCCC)OC(=O)C(C)(C)CCCCCCN1CCCC1.CCCCCCCCC(CCCCCCCC)OC(=O)C(C)(C)CCCCCCOC=O.NC=O. The van der Waals surface area contributed by atoms with Gasteiger partial charge in [0, 0.05) is 0 Å². The van der Waals surface area contributed by atoms with Crippen LogP contribution in [-0.4, -0.2) is 68.2 Å². The molecule has 0 radical (unpaired) electrons. The molecule has 2 N–H and O–H groups in total. The zero-order valence-corrected chi connectivity index (χ0v) is 53.5. The molecule has 0 aromatic carbocycles. The number of hydrogen-bond acceptors (Lipinski definition) is 8. The smallest absolute Gasteiger partial charge is 0.311 e. The first-order valence-corrected chi connectivity index (χ1v) is 32.4. The number of carbonyl (C=O) groups is 4. The molecule has 1 fully saturated rings. The van der Waals surface area contributed by atoms with Gasteiger partial charge in [0.05, 0.1) is 17.4 Å². The van der Waals surface area contributed by atoms with Crippen molar-refractivity contribution in [2.45, 2.75) is 360 Å². The summed E-state index contributed by atoms with van der Waals surface area (Å²) in [6.07, 6.45) is 46.0. The Morgan fingerprint density at radius 1 is 0.467 bits per heavy atom. The van der Waals surface area contributed by atoms with Crippen LogP contribution >= 0.6 is 0 Å². The van der Waals surface area contributed by atoms with Gasteiger partial charge in [-0.15, -0.1) is 0 Å². The van der Waals surface area contributed by atoms with Gasteiger partial charge in [-0.25, -0.2) is 0 Å². The highest BCUT2D eigenvalue weighted by molar-refractivity contribution is 5.76. The van der Waals surface area contributed by atoms with Crippen molar-refractivity contribution in [1.82, 2.24) is 4.90 Å². The molecule has 75 heavy (non-hydrogen) atoms. The van der Waals surface area contributed by atoms with E-state index in [9.17, 15) is 14.4 Å². The summed E-state index contributed by atoms with van der Waals surface area (Å²) in [5.74, 6) is 0.847. The van der Waals surface area contributed by atoms with Crippen molar-refractivity contribution in [3.8, 4) is 0 Å². The van der Waals surface area contributed by atoms with Gasteiger partial charge in [-0.1, -0.05) is 230 Å². The van der Waals surface area contributed by atoms with Crippen LogP contribution in [0.25, 0.3) is 0 Å². The van der Waals surface area contributed by atoms with Crippen LogP contribution in [0.15, 0.2) is 0 Å². The van der Waals surface area contributed by atoms with E-state index in [1.165, 1.54) is 193 Å². The van der Waals surface area contributed by atoms with E-state index < -0.39 is 5.41 Å². The normalized spacial score (nSPS) is 12.2. The number of unbranched alkanes of at least 4 members (excludes halogenated alkanes) is 23. The fourth-order valence-corrected chi connectivity index (χ4v) is 8.67. The number of carbonyl (C=O) groups excluding carboxylic acids is 4. The fourth-order valence-electron chi connectivity index (χ4n) is 8.67. The Hall–Kier alpha value is -2.16. The third kappa shape index (κ3) is 64.3. The first-order valence-electron chi connectivity index (χ1n) is 32.4. The maximum absolute atomic E-state index is 12.9. The Morgan fingerprint density at radius 2 is 0.747 bits per heavy atom. The van der Waals surface area contributed by atoms with E-state index in [0.717, 1.165) is 76.5 Å². The van der Waals surface area contributed by atoms with Crippen LogP contribution in [-0.2, 0) is 33.4 Å². The highest BCUT2D eigenvalue weighted by Gasteiger charge is 2.32. The van der Waals surface area contributed by atoms with Crippen LogP contribution in [0.4, 0.5) is 0 Å². The van der Waals surface area contributed by atoms with Crippen molar-refractivity contribution in [2.24, 2.45) is 22.5 Å². The molecule has 0 spiro atoms. The molecule has 1 aliphatic rings. The summed E-state index contributed by atoms with van der Waals surface area (Å²) in [6.45, 7) is 37.0. The average Bonchev–Trinajstić information content (AvgIpc) is 3.91. The fraction of sp³-hybridized carbons (Fsp3) is 0.939. The highest BCUT2D eigenvalue weighted by Crippen LogP contribution is 2.30. The van der Waals surface area contributed by atoms with Gasteiger partial charge in [-0.2, -0.15) is 0 Å². The standard InChI is InChI=1S/C28H54O4.C27H53NO2.2C4H10.C2H6.CH3NO/c1-5-7-9-11-13-17-21-26(22-18-14-12-10-8-6-2)32-27(30)28(3,4)23-19-15-16-20-24-31-25-29;1-5-7-9-13-19-25(20-14-10-8-6-2)30-26(29)27(3,4)21-15-11-12-16-22-28-23-17-18-24-28;1-4(2)3;1-3-4-2;1-2;2-1-3/h25-26H,5-24H2,1-4H3;25H,5-24H2,1-4H3;4H,1-3H3;3-4H2,1-2H3;1-2H3;1H,(H2,2,3). The summed E-state index contributed by atoms with van der Waals surface area (Å²) < 4.78 is 16.9. The third-order valence-corrected chi connectivity index (χ3v) is 13.8. The van der Waals surface area contributed by atoms with Crippen LogP contribution in [0, 0.1) is 16.7 Å². The highest BCUT2D eigenvalue weighted by atomic mass is 16.5. The van der Waals surface area contributed by atoms with Gasteiger partial charge in [-0.3, -0.25) is 19.2 Å². The van der Waals surface area contributed by atoms with Crippen molar-refractivity contribution in [2.75, 3.05) is 26.2 Å². The molecule has 1 aliphatic heterocycles. The molecule has 0 bridgehead atoms. The quantitative estimate of drug-likeness (QED) is 0.0277. The molecule has 0 unspecified atom stereocenters. The van der Waals surface area contributed by atoms with Crippen molar-refractivity contribution in [1.29, 1.82) is 0 Å². The minimum Gasteiger partial charge on any atom is -0.468 e. The second kappa shape index (κ2) is 64.4. The van der Waals surface area contributed by atoms with Gasteiger partial charge in [0.25, 0.3) is 6.47 Å². The van der Waals surface area contributed by atoms with Crippen LogP contribution in [0.3, 0.4) is 0 Å². The van der Waals surface area contributed by atoms with Crippen LogP contribution in [0.1, 0.15) is 348 Å². The van der Waals surface area contributed by atoms with E-state index in [1.54, 1.807) is 0 Å². The summed E-state index contributed by atoms with van der Waals surface area (Å²) >= 11 is 0. The predicted molar refractivity (Wildman–Crippen MR) is 327 cm³/mol. The monoisotopic (exact) mass is 1070 g/mol. The molecule has 1 rings (SSSR count). The van der Waals surface area contributed by atoms with Gasteiger partial charge in [-0.05, 0) is 143 Å². The number of amides is 1. The molecular formula is C66H136N2O7. The van der Waals surface area contributed by atoms with Crippen LogP contribution in [0.5, 0.6) is 0 Å². The number of hydrogen-bond donors (Lipinski definition) is 1. The Kier molecular flexibility index (Phi) is 70.1. The number of rotatable bonds is 44. The summed E-state index contributed by atoms with van der Waals surface area (Å²) in [5.41, 5.74) is 3.39. The maximum atomic E-state index is 12.9. The average molecular weight is 1070 g/mol. The topological polar surface area (TPSA) is 125 Å². The van der Waals surface area contributed by atoms with Crippen molar-refractivity contribution in [3.63, 3.8) is 0 Å². The Labute approximate surface area is 470 Å². The number of nitrogens with zero attached hydrogens (tertiary/aromatic N) is 1. The summed E-state index contributed by atoms with van der Waals surface area (Å²) in [6, 6.07) is 0. The zero-order valence-electron chi connectivity index (χ0n) is 53.5. The molecule has 0 aromatic heterocycles. The minimum absolute atomic E-state index is 0.0243. The molecule has 1 heterocycles. The second-order valence-corrected chi connectivity index (χ2v) is 23.3. The summed E-state index contributed by atoms with van der Waals surface area (Å²) in [5, 5.41) is 0. The lowest BCUT2D eigenvalue weighted by atomic mass is 9.86. The van der Waals surface area contributed by atoms with Gasteiger partial charge in [0.2, 0.25) is 6.41 Å². The molecule has 452 valence electrons. The molecule has 0 atom stereocenters. The van der Waals surface area contributed by atoms with E-state index in [2.05, 4.69) is 86.8 Å². The third-order valence-electron chi connectivity index (χ3n) is 13.8. The molecule has 0 aromatic rings. The molecule has 0 aliphatic carbocycles. The minimum atomic E-state index is -0.431. The van der Waals surface area contributed by atoms with Crippen LogP contribution in [0.2, 0.25) is 0 Å². The largest absolute Gasteiger partial charge is 0.468 e. The predicted octanol–water partition coefficient (Wildman–Crippen LogP) is 20.1. The van der Waals surface area contributed by atoms with Gasteiger partial charge in [0.15, 0.2) is 0 Å². The Morgan fingerprint density at radius 3 is 1.07 bits per heavy atom. The lowest BCUT2D eigenvalue weighted by Gasteiger charge is -2.27. The molecule has 9 heteroatoms. The molecule has 1 amide bonds. The first-order chi connectivity index (χ1) is 36.0. The van der Waals surface area contributed by atoms with Crippen LogP contribution < -0.4 is 5.73 Å². The molecule has 1 saturated heterocycles. The Bertz CT molecular complexity index is 1110. The zero-order chi connectivity index (χ0) is 57.7. The lowest BCUT2D eigenvalue weighted by Crippen LogP contribution is -2.31. The maximum Gasteiger partial charge on any atom is 0.311 e. The van der Waals surface area contributed by atoms with E-state index >= 15 is 0 Å². The molecular weight excluding hydrogens is 933 g/mol. The lowest BCUT2D eigenvalue weighted by molar-refractivity contribution is -0.161. The molecule has 0 saturated carbocycles. The number of ether oxygens (including phenoxy) is 3. The van der Waals surface area contributed by atoms with Crippen molar-refractivity contribution >= 4 is 24.8 Å². The number of primary amides is 1. The van der Waals surface area contributed by atoms with Crippen molar-refractivity contribution < 1.29 is 33.4 Å². The van der Waals surface area contributed by atoms with E-state index in [0.29, 0.717) is 13.1 Å². The summed E-state index contributed by atoms with van der Waals surface area (Å²) in [7, 11) is 0. The summed E-state index contributed by atoms with van der Waals surface area (Å²) in [4.78, 5) is 47.2. The number of esters is 2. The van der Waals surface area contributed by atoms with Gasteiger partial charge >= 0.3 is 11.9 Å². The van der Waals surface area contributed by atoms with E-state index in [1.807, 2.05) is 27.7 Å². The number of nitrogens with two attached hydrogens (primary N) is 1.